The highest BCUT2D eigenvalue weighted by Crippen LogP contribution is 2.00. The molecule has 1 aromatic rings. The van der Waals surface area contributed by atoms with E-state index in [0.717, 1.165) is 5.56 Å². The third kappa shape index (κ3) is 3.06. The highest BCUT2D eigenvalue weighted by molar-refractivity contribution is 5.47. The smallest absolute Gasteiger partial charge is 0.0907 e. The highest BCUT2D eigenvalue weighted by atomic mass is 16.5. The Morgan fingerprint density at radius 2 is 1.83 bits per heavy atom. The van der Waals surface area contributed by atoms with Crippen molar-refractivity contribution in [2.24, 2.45) is 0 Å². The van der Waals surface area contributed by atoms with Crippen LogP contribution in [0.15, 0.2) is 48.9 Å². The van der Waals surface area contributed by atoms with Gasteiger partial charge in [0.2, 0.25) is 0 Å². The van der Waals surface area contributed by atoms with Gasteiger partial charge in [-0.2, -0.15) is 0 Å². The number of hydrogen-bond acceptors (Lipinski definition) is 1. The molecule has 0 saturated carbocycles. The first kappa shape index (κ1) is 8.60. The summed E-state index contributed by atoms with van der Waals surface area (Å²) in [6, 6.07) is 10.0. The summed E-state index contributed by atoms with van der Waals surface area (Å²) in [6.07, 6.45) is 7.06. The van der Waals surface area contributed by atoms with Crippen molar-refractivity contribution in [1.82, 2.24) is 0 Å². The summed E-state index contributed by atoms with van der Waals surface area (Å²) in [6.45, 7) is 1.91. The van der Waals surface area contributed by atoms with Crippen LogP contribution < -0.4 is 0 Å². The van der Waals surface area contributed by atoms with E-state index >= 15 is 0 Å². The first-order valence-corrected chi connectivity index (χ1v) is 3.91. The normalized spacial score (nSPS) is 11.1. The summed E-state index contributed by atoms with van der Waals surface area (Å²) < 4.78 is 5.03. The van der Waals surface area contributed by atoms with Crippen LogP contribution >= 0.6 is 0 Å². The van der Waals surface area contributed by atoms with E-state index in [-0.39, 0.29) is 0 Å². The minimum absolute atomic E-state index is 1.14. The van der Waals surface area contributed by atoms with Gasteiger partial charge in [-0.05, 0) is 18.6 Å². The Morgan fingerprint density at radius 3 is 2.50 bits per heavy atom. The van der Waals surface area contributed by atoms with Crippen LogP contribution in [0.2, 0.25) is 0 Å². The first-order chi connectivity index (χ1) is 5.93. The van der Waals surface area contributed by atoms with Crippen molar-refractivity contribution in [3.8, 4) is 0 Å². The summed E-state index contributed by atoms with van der Waals surface area (Å²) in [4.78, 5) is 0. The van der Waals surface area contributed by atoms with Crippen molar-refractivity contribution in [1.29, 1.82) is 0 Å². The average molecular weight is 160 g/mol. The average Bonchev–Trinajstić information content (AvgIpc) is 2.14. The fourth-order valence-electron chi connectivity index (χ4n) is 0.806. The Balaban J connectivity index is 2.47. The van der Waals surface area contributed by atoms with E-state index < -0.39 is 0 Å². The Kier molecular flexibility index (Phi) is 3.72. The minimum Gasteiger partial charge on any atom is -0.473 e. The molecule has 0 aliphatic carbocycles. The van der Waals surface area contributed by atoms with E-state index in [1.807, 2.05) is 49.4 Å². The molecule has 62 valence electrons. The molecule has 0 saturated heterocycles. The van der Waals surface area contributed by atoms with Crippen LogP contribution in [0.5, 0.6) is 0 Å². The molecule has 1 aromatic carbocycles. The fraction of sp³-hybridized carbons (Fsp3) is 0.0909. The first-order valence-electron chi connectivity index (χ1n) is 3.91. The van der Waals surface area contributed by atoms with Crippen LogP contribution in [0.1, 0.15) is 12.5 Å². The number of ether oxygens (including phenoxy) is 1. The predicted octanol–water partition coefficient (Wildman–Crippen LogP) is 3.21. The summed E-state index contributed by atoms with van der Waals surface area (Å²) in [5, 5.41) is 0. The molecule has 0 radical (unpaired) electrons. The molecular weight excluding hydrogens is 148 g/mol. The minimum atomic E-state index is 1.14. The van der Waals surface area contributed by atoms with E-state index in [0.29, 0.717) is 0 Å². The van der Waals surface area contributed by atoms with Crippen LogP contribution in [0, 0.1) is 0 Å². The van der Waals surface area contributed by atoms with Gasteiger partial charge in [0, 0.05) is 0 Å². The molecule has 0 N–H and O–H groups in total. The molecule has 0 heterocycles. The zero-order valence-electron chi connectivity index (χ0n) is 7.10. The summed E-state index contributed by atoms with van der Waals surface area (Å²) in [7, 11) is 0. The van der Waals surface area contributed by atoms with Crippen LogP contribution in [0.4, 0.5) is 0 Å². The van der Waals surface area contributed by atoms with E-state index in [4.69, 9.17) is 4.74 Å². The Bertz CT molecular complexity index is 260. The molecule has 0 amide bonds. The third-order valence-electron chi connectivity index (χ3n) is 1.35. The molecule has 0 atom stereocenters. The van der Waals surface area contributed by atoms with Crippen LogP contribution in [-0.4, -0.2) is 0 Å². The monoisotopic (exact) mass is 160 g/mol. The van der Waals surface area contributed by atoms with Crippen molar-refractivity contribution in [2.45, 2.75) is 6.92 Å². The molecule has 0 aliphatic heterocycles. The summed E-state index contributed by atoms with van der Waals surface area (Å²) >= 11 is 0. The van der Waals surface area contributed by atoms with Gasteiger partial charge in [-0.3, -0.25) is 0 Å². The maximum absolute atomic E-state index is 5.03. The Hall–Kier alpha value is -1.50. The SMILES string of the molecule is C/C=C\O/C=C\c1ccccc1. The van der Waals surface area contributed by atoms with Gasteiger partial charge >= 0.3 is 0 Å². The second-order valence-corrected chi connectivity index (χ2v) is 2.32. The predicted molar refractivity (Wildman–Crippen MR) is 51.4 cm³/mol. The van der Waals surface area contributed by atoms with Crippen LogP contribution in [-0.2, 0) is 4.74 Å². The van der Waals surface area contributed by atoms with Gasteiger partial charge in [-0.15, -0.1) is 0 Å². The van der Waals surface area contributed by atoms with E-state index in [9.17, 15) is 0 Å². The molecule has 0 spiro atoms. The zero-order valence-corrected chi connectivity index (χ0v) is 7.10. The van der Waals surface area contributed by atoms with E-state index in [1.165, 1.54) is 0 Å². The van der Waals surface area contributed by atoms with Crippen molar-refractivity contribution in [3.05, 3.63) is 54.5 Å². The van der Waals surface area contributed by atoms with Crippen molar-refractivity contribution >= 4 is 6.08 Å². The zero-order chi connectivity index (χ0) is 8.65. The van der Waals surface area contributed by atoms with E-state index in [1.54, 1.807) is 12.5 Å². The highest BCUT2D eigenvalue weighted by Gasteiger charge is 1.80. The summed E-state index contributed by atoms with van der Waals surface area (Å²) in [5.41, 5.74) is 1.14. The molecular formula is C11H12O. The molecule has 0 aromatic heterocycles. The molecule has 12 heavy (non-hydrogen) atoms. The molecule has 1 heteroatoms. The van der Waals surface area contributed by atoms with Gasteiger partial charge in [0.25, 0.3) is 0 Å². The van der Waals surface area contributed by atoms with Gasteiger partial charge in [0.1, 0.15) is 0 Å². The summed E-state index contributed by atoms with van der Waals surface area (Å²) in [5.74, 6) is 0. The number of rotatable bonds is 3. The van der Waals surface area contributed by atoms with Gasteiger partial charge in [0.05, 0.1) is 12.5 Å². The second-order valence-electron chi connectivity index (χ2n) is 2.32. The third-order valence-corrected chi connectivity index (χ3v) is 1.35. The topological polar surface area (TPSA) is 9.23 Å². The van der Waals surface area contributed by atoms with Gasteiger partial charge in [-0.25, -0.2) is 0 Å². The lowest BCUT2D eigenvalue weighted by molar-refractivity contribution is 0.405. The van der Waals surface area contributed by atoms with Gasteiger partial charge < -0.3 is 4.74 Å². The fourth-order valence-corrected chi connectivity index (χ4v) is 0.806. The lowest BCUT2D eigenvalue weighted by Crippen LogP contribution is -1.69. The Morgan fingerprint density at radius 1 is 1.08 bits per heavy atom. The van der Waals surface area contributed by atoms with Crippen LogP contribution in [0.3, 0.4) is 0 Å². The standard InChI is InChI=1S/C11H12O/c1-2-9-12-10-8-11-6-4-3-5-7-11/h2-10H,1H3/b9-2-,10-8-. The molecule has 0 aliphatic rings. The van der Waals surface area contributed by atoms with Crippen molar-refractivity contribution < 1.29 is 4.74 Å². The number of benzene rings is 1. The molecule has 1 nitrogen and oxygen atoms in total. The quantitative estimate of drug-likeness (QED) is 0.617. The maximum atomic E-state index is 5.03. The van der Waals surface area contributed by atoms with Crippen molar-refractivity contribution in [3.63, 3.8) is 0 Å². The molecule has 0 unspecified atom stereocenters. The molecule has 1 rings (SSSR count). The van der Waals surface area contributed by atoms with Crippen LogP contribution in [0.25, 0.3) is 6.08 Å². The lowest BCUT2D eigenvalue weighted by Gasteiger charge is -1.90. The largest absolute Gasteiger partial charge is 0.473 e. The van der Waals surface area contributed by atoms with Crippen molar-refractivity contribution in [2.75, 3.05) is 0 Å². The second kappa shape index (κ2) is 5.19. The molecule has 0 fully saturated rings. The maximum Gasteiger partial charge on any atom is 0.0907 e. The number of hydrogen-bond donors (Lipinski definition) is 0. The molecule has 0 bridgehead atoms. The van der Waals surface area contributed by atoms with Gasteiger partial charge in [-0.1, -0.05) is 36.4 Å². The van der Waals surface area contributed by atoms with E-state index in [2.05, 4.69) is 0 Å². The Labute approximate surface area is 73.0 Å². The number of allylic oxidation sites excluding steroid dienone is 1. The lowest BCUT2D eigenvalue weighted by atomic mass is 10.2. The van der Waals surface area contributed by atoms with Gasteiger partial charge in [0.15, 0.2) is 0 Å².